The van der Waals surface area contributed by atoms with Gasteiger partial charge in [-0.3, -0.25) is 4.79 Å². The van der Waals surface area contributed by atoms with E-state index in [0.29, 0.717) is 0 Å². The van der Waals surface area contributed by atoms with Crippen molar-refractivity contribution in [1.29, 1.82) is 5.26 Å². The third-order valence-electron chi connectivity index (χ3n) is 3.27. The maximum Gasteiger partial charge on any atom is 0.152 e. The number of hydrogen-bond donors (Lipinski definition) is 0. The van der Waals surface area contributed by atoms with Gasteiger partial charge in [-0.25, -0.2) is 0 Å². The van der Waals surface area contributed by atoms with Crippen molar-refractivity contribution >= 4 is 5.78 Å². The summed E-state index contributed by atoms with van der Waals surface area (Å²) in [4.78, 5) is 11.5. The van der Waals surface area contributed by atoms with E-state index in [2.05, 4.69) is 0 Å². The van der Waals surface area contributed by atoms with Crippen molar-refractivity contribution in [2.24, 2.45) is 23.7 Å². The second kappa shape index (κ2) is 2.58. The van der Waals surface area contributed by atoms with Gasteiger partial charge in [-0.15, -0.1) is 0 Å². The van der Waals surface area contributed by atoms with Gasteiger partial charge in [-0.2, -0.15) is 5.26 Å². The summed E-state index contributed by atoms with van der Waals surface area (Å²) in [5.41, 5.74) is 0. The Labute approximate surface area is 72.6 Å². The summed E-state index contributed by atoms with van der Waals surface area (Å²) in [5.74, 6) is 1.70. The Morgan fingerprint density at radius 3 is 2.50 bits per heavy atom. The summed E-state index contributed by atoms with van der Waals surface area (Å²) in [5, 5.41) is 8.57. The third-order valence-corrected chi connectivity index (χ3v) is 3.27. The van der Waals surface area contributed by atoms with Crippen LogP contribution in [0.3, 0.4) is 0 Å². The minimum Gasteiger partial charge on any atom is -0.298 e. The van der Waals surface area contributed by atoms with Gasteiger partial charge in [0.2, 0.25) is 0 Å². The standard InChI is InChI=1S/C10H13NO/c1-6(5-11)10(12)9-3-7-2-8(7)4-9/h6-9H,2-4H2,1H3. The third kappa shape index (κ3) is 1.14. The number of fused-ring (bicyclic) bond motifs is 1. The first kappa shape index (κ1) is 7.79. The SMILES string of the molecule is CC(C#N)C(=O)C1CC2CC2C1. The largest absolute Gasteiger partial charge is 0.298 e. The molecule has 0 radical (unpaired) electrons. The molecule has 3 atom stereocenters. The summed E-state index contributed by atoms with van der Waals surface area (Å²) in [6.07, 6.45) is 3.47. The summed E-state index contributed by atoms with van der Waals surface area (Å²) in [6, 6.07) is 2.02. The molecule has 0 bridgehead atoms. The molecule has 0 spiro atoms. The highest BCUT2D eigenvalue weighted by Crippen LogP contribution is 2.54. The number of hydrogen-bond acceptors (Lipinski definition) is 2. The molecule has 0 aromatic heterocycles. The highest BCUT2D eigenvalue weighted by molar-refractivity contribution is 5.85. The number of ketones is 1. The van der Waals surface area contributed by atoms with Crippen molar-refractivity contribution in [3.63, 3.8) is 0 Å². The highest BCUT2D eigenvalue weighted by Gasteiger charge is 2.48. The first-order valence-corrected chi connectivity index (χ1v) is 4.65. The highest BCUT2D eigenvalue weighted by atomic mass is 16.1. The molecule has 2 rings (SSSR count). The first-order valence-electron chi connectivity index (χ1n) is 4.65. The molecule has 0 aromatic rings. The van der Waals surface area contributed by atoms with E-state index in [-0.39, 0.29) is 17.6 Å². The lowest BCUT2D eigenvalue weighted by Gasteiger charge is -2.10. The van der Waals surface area contributed by atoms with Crippen LogP contribution in [0.5, 0.6) is 0 Å². The summed E-state index contributed by atoms with van der Waals surface area (Å²) in [7, 11) is 0. The normalized spacial score (nSPS) is 39.8. The molecule has 0 N–H and O–H groups in total. The molecule has 2 saturated carbocycles. The van der Waals surface area contributed by atoms with Crippen molar-refractivity contribution in [2.45, 2.75) is 26.2 Å². The zero-order valence-corrected chi connectivity index (χ0v) is 7.29. The molecular formula is C10H13NO. The molecule has 2 aliphatic rings. The van der Waals surface area contributed by atoms with Crippen molar-refractivity contribution in [3.05, 3.63) is 0 Å². The number of carbonyl (C=O) groups is 1. The number of rotatable bonds is 2. The first-order chi connectivity index (χ1) is 5.72. The summed E-state index contributed by atoms with van der Waals surface area (Å²) < 4.78 is 0. The Balaban J connectivity index is 1.93. The van der Waals surface area contributed by atoms with Gasteiger partial charge in [0.05, 0.1) is 6.07 Å². The molecule has 2 aliphatic carbocycles. The van der Waals surface area contributed by atoms with Crippen molar-refractivity contribution in [1.82, 2.24) is 0 Å². The number of nitrogens with zero attached hydrogens (tertiary/aromatic N) is 1. The molecule has 2 heteroatoms. The lowest BCUT2D eigenvalue weighted by atomic mass is 9.91. The fourth-order valence-electron chi connectivity index (χ4n) is 2.36. The maximum atomic E-state index is 11.5. The van der Waals surface area contributed by atoms with Gasteiger partial charge < -0.3 is 0 Å². The fraction of sp³-hybridized carbons (Fsp3) is 0.800. The van der Waals surface area contributed by atoms with Gasteiger partial charge in [0, 0.05) is 5.92 Å². The van der Waals surface area contributed by atoms with E-state index in [1.54, 1.807) is 6.92 Å². The van der Waals surface area contributed by atoms with Crippen LogP contribution in [0.15, 0.2) is 0 Å². The van der Waals surface area contributed by atoms with E-state index in [9.17, 15) is 4.79 Å². The monoisotopic (exact) mass is 163 g/mol. The molecule has 0 heterocycles. The Morgan fingerprint density at radius 1 is 1.42 bits per heavy atom. The Kier molecular flexibility index (Phi) is 1.68. The fourth-order valence-corrected chi connectivity index (χ4v) is 2.36. The van der Waals surface area contributed by atoms with Crippen LogP contribution < -0.4 is 0 Å². The van der Waals surface area contributed by atoms with Gasteiger partial charge in [-0.1, -0.05) is 0 Å². The predicted octanol–water partition coefficient (Wildman–Crippen LogP) is 1.76. The summed E-state index contributed by atoms with van der Waals surface area (Å²) in [6.45, 7) is 1.71. The van der Waals surface area contributed by atoms with E-state index < -0.39 is 0 Å². The van der Waals surface area contributed by atoms with E-state index in [0.717, 1.165) is 24.7 Å². The van der Waals surface area contributed by atoms with Crippen LogP contribution in [0, 0.1) is 35.0 Å². The van der Waals surface area contributed by atoms with Crippen LogP contribution in [0.25, 0.3) is 0 Å². The molecule has 0 saturated heterocycles. The second-order valence-electron chi connectivity index (χ2n) is 4.18. The number of nitriles is 1. The molecule has 0 aliphatic heterocycles. The average Bonchev–Trinajstić information content (AvgIpc) is 2.71. The van der Waals surface area contributed by atoms with Gasteiger partial charge in [0.1, 0.15) is 5.92 Å². The molecule has 0 amide bonds. The van der Waals surface area contributed by atoms with E-state index >= 15 is 0 Å². The zero-order chi connectivity index (χ0) is 8.72. The van der Waals surface area contributed by atoms with Gasteiger partial charge in [0.15, 0.2) is 5.78 Å². The van der Waals surface area contributed by atoms with Gasteiger partial charge in [0.25, 0.3) is 0 Å². The Bertz CT molecular complexity index is 243. The van der Waals surface area contributed by atoms with E-state index in [1.165, 1.54) is 6.42 Å². The Morgan fingerprint density at radius 2 is 2.00 bits per heavy atom. The van der Waals surface area contributed by atoms with Gasteiger partial charge >= 0.3 is 0 Å². The van der Waals surface area contributed by atoms with E-state index in [1.807, 2.05) is 6.07 Å². The van der Waals surface area contributed by atoms with Gasteiger partial charge in [-0.05, 0) is 38.0 Å². The number of Topliss-reactive ketones (excluding diaryl/α,β-unsaturated/α-hetero) is 1. The lowest BCUT2D eigenvalue weighted by Crippen LogP contribution is -2.19. The zero-order valence-electron chi connectivity index (χ0n) is 7.29. The molecule has 64 valence electrons. The average molecular weight is 163 g/mol. The lowest BCUT2D eigenvalue weighted by molar-refractivity contribution is -0.124. The van der Waals surface area contributed by atoms with Crippen LogP contribution in [0.2, 0.25) is 0 Å². The summed E-state index contributed by atoms with van der Waals surface area (Å²) >= 11 is 0. The molecule has 3 unspecified atom stereocenters. The van der Waals surface area contributed by atoms with Crippen LogP contribution in [0.1, 0.15) is 26.2 Å². The van der Waals surface area contributed by atoms with Crippen LogP contribution in [-0.4, -0.2) is 5.78 Å². The van der Waals surface area contributed by atoms with Crippen LogP contribution >= 0.6 is 0 Å². The van der Waals surface area contributed by atoms with Crippen molar-refractivity contribution in [3.8, 4) is 6.07 Å². The van der Waals surface area contributed by atoms with Crippen molar-refractivity contribution < 1.29 is 4.79 Å². The Hall–Kier alpha value is -0.840. The predicted molar refractivity (Wildman–Crippen MR) is 44.1 cm³/mol. The molecule has 0 aromatic carbocycles. The molecule has 12 heavy (non-hydrogen) atoms. The molecule has 2 nitrogen and oxygen atoms in total. The van der Waals surface area contributed by atoms with Crippen LogP contribution in [-0.2, 0) is 4.79 Å². The second-order valence-corrected chi connectivity index (χ2v) is 4.18. The number of carbonyl (C=O) groups excluding carboxylic acids is 1. The van der Waals surface area contributed by atoms with E-state index in [4.69, 9.17) is 5.26 Å². The van der Waals surface area contributed by atoms with Crippen molar-refractivity contribution in [2.75, 3.05) is 0 Å². The maximum absolute atomic E-state index is 11.5. The smallest absolute Gasteiger partial charge is 0.152 e. The topological polar surface area (TPSA) is 40.9 Å². The molecular weight excluding hydrogens is 150 g/mol. The molecule has 2 fully saturated rings. The minimum atomic E-state index is -0.382. The van der Waals surface area contributed by atoms with Crippen LogP contribution in [0.4, 0.5) is 0 Å². The quantitative estimate of drug-likeness (QED) is 0.622. The minimum absolute atomic E-state index is 0.185.